The van der Waals surface area contributed by atoms with Gasteiger partial charge >= 0.3 is 0 Å². The number of hydrogen-bond acceptors (Lipinski definition) is 2. The topological polar surface area (TPSA) is 29.5 Å². The number of rotatable bonds is 3. The van der Waals surface area contributed by atoms with Crippen molar-refractivity contribution in [2.45, 2.75) is 63.9 Å². The summed E-state index contributed by atoms with van der Waals surface area (Å²) in [5, 5.41) is 11.4. The molecule has 1 N–H and O–H groups in total. The van der Waals surface area contributed by atoms with Crippen LogP contribution in [0.1, 0.15) is 56.6 Å². The van der Waals surface area contributed by atoms with E-state index in [2.05, 4.69) is 19.1 Å². The van der Waals surface area contributed by atoms with E-state index in [0.717, 1.165) is 25.0 Å². The van der Waals surface area contributed by atoms with E-state index >= 15 is 0 Å². The predicted molar refractivity (Wildman–Crippen MR) is 85.7 cm³/mol. The van der Waals surface area contributed by atoms with Crippen LogP contribution >= 0.6 is 0 Å². The fraction of sp³-hybridized carbons (Fsp3) is 0.684. The van der Waals surface area contributed by atoms with Gasteiger partial charge in [0.1, 0.15) is 5.75 Å². The van der Waals surface area contributed by atoms with Crippen molar-refractivity contribution in [3.8, 4) is 5.75 Å². The van der Waals surface area contributed by atoms with Crippen molar-refractivity contribution < 1.29 is 9.84 Å². The molecule has 21 heavy (non-hydrogen) atoms. The van der Waals surface area contributed by atoms with Crippen molar-refractivity contribution >= 4 is 0 Å². The monoisotopic (exact) mass is 288 g/mol. The molecule has 2 aliphatic rings. The zero-order valence-electron chi connectivity index (χ0n) is 13.4. The molecule has 0 heterocycles. The fourth-order valence-electron chi connectivity index (χ4n) is 4.63. The SMILES string of the molecule is CCC1CCCCC1C1(O)CCc2ccc(OC)cc2C1. The number of aryl methyl sites for hydroxylation is 1. The van der Waals surface area contributed by atoms with E-state index < -0.39 is 5.60 Å². The Balaban J connectivity index is 1.85. The number of methoxy groups -OCH3 is 1. The largest absolute Gasteiger partial charge is 0.497 e. The van der Waals surface area contributed by atoms with Crippen molar-refractivity contribution in [2.75, 3.05) is 7.11 Å². The Morgan fingerprint density at radius 2 is 2.05 bits per heavy atom. The van der Waals surface area contributed by atoms with Crippen molar-refractivity contribution in [1.82, 2.24) is 0 Å². The Hall–Kier alpha value is -1.02. The summed E-state index contributed by atoms with van der Waals surface area (Å²) in [5.74, 6) is 2.10. The minimum atomic E-state index is -0.500. The molecule has 0 amide bonds. The highest BCUT2D eigenvalue weighted by Gasteiger charge is 2.43. The summed E-state index contributed by atoms with van der Waals surface area (Å²) >= 11 is 0. The van der Waals surface area contributed by atoms with Crippen LogP contribution in [0.25, 0.3) is 0 Å². The molecule has 116 valence electrons. The third-order valence-corrected chi connectivity index (χ3v) is 5.86. The lowest BCUT2D eigenvalue weighted by molar-refractivity contribution is -0.0678. The van der Waals surface area contributed by atoms with Crippen LogP contribution in [-0.4, -0.2) is 17.8 Å². The molecule has 0 saturated heterocycles. The van der Waals surface area contributed by atoms with E-state index in [1.54, 1.807) is 7.11 Å². The van der Waals surface area contributed by atoms with Gasteiger partial charge in [-0.1, -0.05) is 38.7 Å². The molecule has 1 aromatic rings. The highest BCUT2D eigenvalue weighted by Crippen LogP contribution is 2.45. The number of fused-ring (bicyclic) bond motifs is 1. The van der Waals surface area contributed by atoms with Gasteiger partial charge in [0, 0.05) is 6.42 Å². The molecule has 1 aromatic carbocycles. The molecule has 1 saturated carbocycles. The van der Waals surface area contributed by atoms with E-state index in [1.165, 1.54) is 43.2 Å². The molecule has 2 nitrogen and oxygen atoms in total. The second kappa shape index (κ2) is 6.00. The number of aliphatic hydroxyl groups is 1. The van der Waals surface area contributed by atoms with Crippen LogP contribution in [0.5, 0.6) is 5.75 Å². The normalized spacial score (nSPS) is 32.5. The van der Waals surface area contributed by atoms with Gasteiger partial charge in [-0.15, -0.1) is 0 Å². The van der Waals surface area contributed by atoms with Gasteiger partial charge in [-0.2, -0.15) is 0 Å². The predicted octanol–water partition coefficient (Wildman–Crippen LogP) is 4.13. The van der Waals surface area contributed by atoms with Crippen LogP contribution in [-0.2, 0) is 12.8 Å². The summed E-state index contributed by atoms with van der Waals surface area (Å²) in [6.07, 6.45) is 9.07. The standard InChI is InChI=1S/C19H28O2/c1-3-14-6-4-5-7-18(14)19(20)11-10-15-8-9-17(21-2)12-16(15)13-19/h8-9,12,14,18,20H,3-7,10-11,13H2,1-2H3. The van der Waals surface area contributed by atoms with Crippen LogP contribution in [0.2, 0.25) is 0 Å². The van der Waals surface area contributed by atoms with Gasteiger partial charge in [0.2, 0.25) is 0 Å². The molecule has 0 aliphatic heterocycles. The molecule has 0 aromatic heterocycles. The summed E-state index contributed by atoms with van der Waals surface area (Å²) < 4.78 is 5.35. The summed E-state index contributed by atoms with van der Waals surface area (Å²) in [6, 6.07) is 6.34. The van der Waals surface area contributed by atoms with Crippen LogP contribution in [0.4, 0.5) is 0 Å². The molecular weight excluding hydrogens is 260 g/mol. The van der Waals surface area contributed by atoms with Crippen LogP contribution < -0.4 is 4.74 Å². The van der Waals surface area contributed by atoms with Crippen molar-refractivity contribution in [3.05, 3.63) is 29.3 Å². The number of hydrogen-bond donors (Lipinski definition) is 1. The zero-order valence-corrected chi connectivity index (χ0v) is 13.4. The second-order valence-electron chi connectivity index (χ2n) is 6.97. The van der Waals surface area contributed by atoms with E-state index in [-0.39, 0.29) is 0 Å². The quantitative estimate of drug-likeness (QED) is 0.906. The Morgan fingerprint density at radius 3 is 2.81 bits per heavy atom. The smallest absolute Gasteiger partial charge is 0.119 e. The first-order valence-electron chi connectivity index (χ1n) is 8.54. The van der Waals surface area contributed by atoms with Crippen LogP contribution in [0, 0.1) is 11.8 Å². The molecule has 0 bridgehead atoms. The lowest BCUT2D eigenvalue weighted by atomic mass is 9.63. The molecule has 2 aliphatic carbocycles. The van der Waals surface area contributed by atoms with Gasteiger partial charge in [0.25, 0.3) is 0 Å². The van der Waals surface area contributed by atoms with E-state index in [0.29, 0.717) is 11.8 Å². The fourth-order valence-corrected chi connectivity index (χ4v) is 4.63. The second-order valence-corrected chi connectivity index (χ2v) is 6.97. The first-order valence-corrected chi connectivity index (χ1v) is 8.54. The molecular formula is C19H28O2. The Labute approximate surface area is 128 Å². The zero-order chi connectivity index (χ0) is 14.9. The van der Waals surface area contributed by atoms with Crippen molar-refractivity contribution in [1.29, 1.82) is 0 Å². The summed E-state index contributed by atoms with van der Waals surface area (Å²) in [4.78, 5) is 0. The maximum Gasteiger partial charge on any atom is 0.119 e. The van der Waals surface area contributed by atoms with Gasteiger partial charge in [-0.25, -0.2) is 0 Å². The number of ether oxygens (including phenoxy) is 1. The molecule has 3 rings (SSSR count). The van der Waals surface area contributed by atoms with Gasteiger partial charge in [-0.05, 0) is 54.4 Å². The molecule has 1 fully saturated rings. The molecule has 0 spiro atoms. The van der Waals surface area contributed by atoms with Crippen molar-refractivity contribution in [3.63, 3.8) is 0 Å². The molecule has 2 heteroatoms. The van der Waals surface area contributed by atoms with E-state index in [4.69, 9.17) is 4.74 Å². The van der Waals surface area contributed by atoms with Gasteiger partial charge in [0.05, 0.1) is 12.7 Å². The minimum absolute atomic E-state index is 0.482. The van der Waals surface area contributed by atoms with Gasteiger partial charge < -0.3 is 9.84 Å². The maximum absolute atomic E-state index is 11.4. The summed E-state index contributed by atoms with van der Waals surface area (Å²) in [7, 11) is 1.71. The van der Waals surface area contributed by atoms with Crippen LogP contribution in [0.3, 0.4) is 0 Å². The Morgan fingerprint density at radius 1 is 1.24 bits per heavy atom. The van der Waals surface area contributed by atoms with Gasteiger partial charge in [-0.3, -0.25) is 0 Å². The van der Waals surface area contributed by atoms with Crippen LogP contribution in [0.15, 0.2) is 18.2 Å². The minimum Gasteiger partial charge on any atom is -0.497 e. The molecule has 3 atom stereocenters. The highest BCUT2D eigenvalue weighted by molar-refractivity contribution is 5.38. The average Bonchev–Trinajstić information content (AvgIpc) is 2.54. The lowest BCUT2D eigenvalue weighted by Gasteiger charge is -2.45. The summed E-state index contributed by atoms with van der Waals surface area (Å²) in [5.41, 5.74) is 2.19. The van der Waals surface area contributed by atoms with E-state index in [9.17, 15) is 5.11 Å². The Bertz CT molecular complexity index is 496. The van der Waals surface area contributed by atoms with Crippen molar-refractivity contribution in [2.24, 2.45) is 11.8 Å². The van der Waals surface area contributed by atoms with E-state index in [1.807, 2.05) is 6.07 Å². The third kappa shape index (κ3) is 2.83. The first-order chi connectivity index (χ1) is 10.2. The number of benzene rings is 1. The Kier molecular flexibility index (Phi) is 4.26. The third-order valence-electron chi connectivity index (χ3n) is 5.86. The maximum atomic E-state index is 11.4. The average molecular weight is 288 g/mol. The van der Waals surface area contributed by atoms with Gasteiger partial charge in [0.15, 0.2) is 0 Å². The highest BCUT2D eigenvalue weighted by atomic mass is 16.5. The molecule has 3 unspecified atom stereocenters. The summed E-state index contributed by atoms with van der Waals surface area (Å²) in [6.45, 7) is 2.28. The first kappa shape index (κ1) is 14.9. The molecule has 0 radical (unpaired) electrons. The lowest BCUT2D eigenvalue weighted by Crippen LogP contribution is -2.47.